The molecule has 0 radical (unpaired) electrons. The predicted octanol–water partition coefficient (Wildman–Crippen LogP) is 3.81. The Morgan fingerprint density at radius 1 is 1.02 bits per heavy atom. The summed E-state index contributed by atoms with van der Waals surface area (Å²) in [5.74, 6) is -2.25. The van der Waals surface area contributed by atoms with Crippen LogP contribution in [-0.4, -0.2) is 156 Å². The summed E-state index contributed by atoms with van der Waals surface area (Å²) < 4.78 is 43.7. The molecule has 0 aromatic heterocycles. The monoisotopic (exact) mass is 799 g/mol. The SMILES string of the molecule is CC[C@H]1OC(=O)[C@H](C)[C@@H](O[C@H]2C[C@@](C)(OC)[C@@H](O)[C@H](C)O2)[C@H](C)[C@@H](O[C@@H]2O[C@H](C)C[C@H](N(C)C[C@H]3CCC(=O)O3)[C@H]2O)[C@](C)(O)C[C@@H](C)CN(C)[C@H](C)/C=C/1C. The minimum absolute atomic E-state index is 0.00165. The smallest absolute Gasteiger partial charge is 0.311 e. The molecule has 4 aliphatic heterocycles. The van der Waals surface area contributed by atoms with Gasteiger partial charge in [0.15, 0.2) is 12.6 Å². The van der Waals surface area contributed by atoms with Crippen LogP contribution in [-0.2, 0) is 42.7 Å². The molecule has 4 aliphatic rings. The highest BCUT2D eigenvalue weighted by Crippen LogP contribution is 2.40. The number of nitrogens with zero attached hydrogens (tertiary/aromatic N) is 2. The molecule has 14 nitrogen and oxygen atoms in total. The van der Waals surface area contributed by atoms with Crippen molar-refractivity contribution in [3.8, 4) is 0 Å². The van der Waals surface area contributed by atoms with Crippen LogP contribution >= 0.6 is 0 Å². The number of aliphatic hydroxyl groups is 3. The van der Waals surface area contributed by atoms with Crippen LogP contribution in [0.25, 0.3) is 0 Å². The lowest BCUT2D eigenvalue weighted by Gasteiger charge is -2.49. The number of carbonyl (C=O) groups excluding carboxylic acids is 2. The molecule has 14 heteroatoms. The molecule has 324 valence electrons. The number of methoxy groups -OCH3 is 1. The van der Waals surface area contributed by atoms with E-state index in [-0.39, 0.29) is 36.6 Å². The van der Waals surface area contributed by atoms with E-state index in [1.54, 1.807) is 27.7 Å². The second-order valence-corrected chi connectivity index (χ2v) is 18.0. The quantitative estimate of drug-likeness (QED) is 0.228. The maximum Gasteiger partial charge on any atom is 0.311 e. The van der Waals surface area contributed by atoms with Crippen molar-refractivity contribution < 1.29 is 58.1 Å². The minimum Gasteiger partial charge on any atom is -0.461 e. The van der Waals surface area contributed by atoms with Gasteiger partial charge < -0.3 is 48.5 Å². The van der Waals surface area contributed by atoms with Crippen molar-refractivity contribution in [3.05, 3.63) is 11.6 Å². The molecule has 0 aromatic carbocycles. The van der Waals surface area contributed by atoms with Crippen LogP contribution in [0.3, 0.4) is 0 Å². The second kappa shape index (κ2) is 19.6. The molecule has 3 fully saturated rings. The van der Waals surface area contributed by atoms with Gasteiger partial charge in [0.1, 0.15) is 24.4 Å². The van der Waals surface area contributed by atoms with Crippen LogP contribution in [0, 0.1) is 17.8 Å². The van der Waals surface area contributed by atoms with E-state index in [2.05, 4.69) is 24.8 Å². The van der Waals surface area contributed by atoms with E-state index in [1.807, 2.05) is 46.7 Å². The molecular formula is C42H74N2O12. The summed E-state index contributed by atoms with van der Waals surface area (Å²) in [6, 6.07) is -0.359. The van der Waals surface area contributed by atoms with Gasteiger partial charge >= 0.3 is 11.9 Å². The van der Waals surface area contributed by atoms with Crippen LogP contribution in [0.1, 0.15) is 108 Å². The number of carbonyl (C=O) groups is 2. The van der Waals surface area contributed by atoms with Crippen molar-refractivity contribution in [2.75, 3.05) is 34.3 Å². The summed E-state index contributed by atoms with van der Waals surface area (Å²) in [4.78, 5) is 30.3. The van der Waals surface area contributed by atoms with Gasteiger partial charge in [0.2, 0.25) is 0 Å². The highest BCUT2D eigenvalue weighted by atomic mass is 16.7. The Morgan fingerprint density at radius 3 is 2.30 bits per heavy atom. The highest BCUT2D eigenvalue weighted by Gasteiger charge is 2.51. The van der Waals surface area contributed by atoms with E-state index in [0.717, 1.165) is 5.57 Å². The van der Waals surface area contributed by atoms with Crippen molar-refractivity contribution in [3.63, 3.8) is 0 Å². The third kappa shape index (κ3) is 11.3. The number of aliphatic hydroxyl groups excluding tert-OH is 2. The standard InChI is InChI=1S/C42H74N2O12/c1-14-32-24(3)17-25(4)43(11)21-23(2)19-41(9,49)38(56-40-35(46)31(18-26(5)51-40)44(12)22-30-15-16-33(45)53-30)27(6)36(28(7)39(48)54-32)55-34-20-42(10,50-13)37(47)29(8)52-34/h17,23,25-32,34-38,40,46-47,49H,14-16,18-22H2,1-13H3/b24-17+/t23-,25-,26-,27+,28-,29+,30-,31+,32-,34+,35-,36+,37+,38-,40+,41-,42-/m1/s1. The van der Waals surface area contributed by atoms with E-state index in [4.69, 9.17) is 33.2 Å². The number of likely N-dealkylation sites (N-methyl/N-ethyl adjacent to an activating group) is 2. The zero-order valence-electron chi connectivity index (χ0n) is 36.3. The fourth-order valence-corrected chi connectivity index (χ4v) is 9.41. The van der Waals surface area contributed by atoms with Gasteiger partial charge in [-0.2, -0.15) is 0 Å². The van der Waals surface area contributed by atoms with Gasteiger partial charge in [0, 0.05) is 51.0 Å². The molecule has 0 aliphatic carbocycles. The van der Waals surface area contributed by atoms with E-state index >= 15 is 0 Å². The molecule has 56 heavy (non-hydrogen) atoms. The normalized spacial score (nSPS) is 46.4. The number of hydrogen-bond acceptors (Lipinski definition) is 14. The Bertz CT molecular complexity index is 1330. The van der Waals surface area contributed by atoms with Gasteiger partial charge in [-0.15, -0.1) is 0 Å². The van der Waals surface area contributed by atoms with Gasteiger partial charge in [-0.05, 0) is 99.7 Å². The second-order valence-electron chi connectivity index (χ2n) is 18.0. The fourth-order valence-electron chi connectivity index (χ4n) is 9.41. The number of hydrogen-bond donors (Lipinski definition) is 3. The molecule has 0 unspecified atom stereocenters. The molecule has 0 bridgehead atoms. The molecule has 17 atom stereocenters. The van der Waals surface area contributed by atoms with Crippen LogP contribution < -0.4 is 0 Å². The van der Waals surface area contributed by atoms with Crippen molar-refractivity contribution in [2.45, 2.75) is 192 Å². The predicted molar refractivity (Wildman–Crippen MR) is 209 cm³/mol. The third-order valence-electron chi connectivity index (χ3n) is 12.9. The van der Waals surface area contributed by atoms with Crippen LogP contribution in [0.15, 0.2) is 11.6 Å². The van der Waals surface area contributed by atoms with Crippen molar-refractivity contribution in [1.29, 1.82) is 0 Å². The van der Waals surface area contributed by atoms with Gasteiger partial charge in [-0.3, -0.25) is 19.4 Å². The molecular weight excluding hydrogens is 724 g/mol. The molecule has 0 amide bonds. The number of esters is 2. The number of cyclic esters (lactones) is 2. The summed E-state index contributed by atoms with van der Waals surface area (Å²) in [5.41, 5.74) is -1.54. The van der Waals surface area contributed by atoms with Crippen LogP contribution in [0.4, 0.5) is 0 Å². The Morgan fingerprint density at radius 2 is 1.70 bits per heavy atom. The fraction of sp³-hybridized carbons (Fsp3) is 0.905. The summed E-state index contributed by atoms with van der Waals surface area (Å²) in [6.07, 6.45) is -2.97. The Kier molecular flexibility index (Phi) is 16.4. The van der Waals surface area contributed by atoms with E-state index < -0.39 is 84.3 Å². The van der Waals surface area contributed by atoms with Crippen molar-refractivity contribution in [1.82, 2.24) is 9.80 Å². The third-order valence-corrected chi connectivity index (χ3v) is 12.9. The van der Waals surface area contributed by atoms with Gasteiger partial charge in [0.25, 0.3) is 0 Å². The van der Waals surface area contributed by atoms with Gasteiger partial charge in [-0.1, -0.05) is 26.8 Å². The van der Waals surface area contributed by atoms with Gasteiger partial charge in [0.05, 0.1) is 41.5 Å². The van der Waals surface area contributed by atoms with E-state index in [9.17, 15) is 24.9 Å². The molecule has 0 saturated carbocycles. The lowest BCUT2D eigenvalue weighted by Crippen LogP contribution is -2.61. The maximum absolute atomic E-state index is 14.2. The first-order valence-electron chi connectivity index (χ1n) is 20.8. The first-order valence-corrected chi connectivity index (χ1v) is 20.8. The van der Waals surface area contributed by atoms with E-state index in [0.29, 0.717) is 45.2 Å². The van der Waals surface area contributed by atoms with Crippen LogP contribution in [0.2, 0.25) is 0 Å². The molecule has 0 spiro atoms. The lowest BCUT2D eigenvalue weighted by molar-refractivity contribution is -0.318. The number of rotatable bonds is 9. The Labute approximate surface area is 335 Å². The first-order chi connectivity index (χ1) is 26.1. The topological polar surface area (TPSA) is 166 Å². The Balaban J connectivity index is 1.75. The van der Waals surface area contributed by atoms with Crippen molar-refractivity contribution in [2.24, 2.45) is 17.8 Å². The minimum atomic E-state index is -1.51. The Hall–Kier alpha value is -1.72. The summed E-state index contributed by atoms with van der Waals surface area (Å²) in [7, 11) is 5.47. The number of ether oxygens (including phenoxy) is 7. The molecule has 3 N–H and O–H groups in total. The van der Waals surface area contributed by atoms with Crippen molar-refractivity contribution >= 4 is 11.9 Å². The maximum atomic E-state index is 14.2. The average molecular weight is 799 g/mol. The molecule has 4 rings (SSSR count). The zero-order chi connectivity index (χ0) is 41.9. The highest BCUT2D eigenvalue weighted by molar-refractivity contribution is 5.73. The molecule has 0 aromatic rings. The lowest BCUT2D eigenvalue weighted by atomic mass is 9.77. The average Bonchev–Trinajstić information content (AvgIpc) is 3.53. The molecule has 4 heterocycles. The largest absolute Gasteiger partial charge is 0.461 e. The van der Waals surface area contributed by atoms with Crippen LogP contribution in [0.5, 0.6) is 0 Å². The zero-order valence-corrected chi connectivity index (χ0v) is 36.3. The summed E-state index contributed by atoms with van der Waals surface area (Å²) in [6.45, 7) is 20.1. The summed E-state index contributed by atoms with van der Waals surface area (Å²) in [5, 5.41) is 35.6. The summed E-state index contributed by atoms with van der Waals surface area (Å²) >= 11 is 0. The first kappa shape index (κ1) is 47.0. The van der Waals surface area contributed by atoms with E-state index in [1.165, 1.54) is 7.11 Å². The van der Waals surface area contributed by atoms with Gasteiger partial charge in [-0.25, -0.2) is 0 Å². The molecule has 3 saturated heterocycles.